The minimum Gasteiger partial charge on any atom is -0.387 e. The predicted octanol–water partition coefficient (Wildman–Crippen LogP) is 2.61. The number of aromatic nitrogens is 1. The lowest BCUT2D eigenvalue weighted by Crippen LogP contribution is -1.93. The molecule has 1 unspecified atom stereocenters. The molecule has 13 heavy (non-hydrogen) atoms. The highest BCUT2D eigenvalue weighted by molar-refractivity contribution is 5.80. The number of hydrogen-bond donors (Lipinski definition) is 2. The molecule has 2 nitrogen and oxygen atoms in total. The third-order valence-electron chi connectivity index (χ3n) is 2.30. The molecule has 0 saturated heterocycles. The molecule has 68 valence electrons. The van der Waals surface area contributed by atoms with Gasteiger partial charge in [0, 0.05) is 11.2 Å². The second-order valence-corrected chi connectivity index (χ2v) is 3.24. The number of para-hydroxylation sites is 1. The van der Waals surface area contributed by atoms with Crippen molar-refractivity contribution in [3.63, 3.8) is 0 Å². The normalized spacial score (nSPS) is 13.4. The van der Waals surface area contributed by atoms with E-state index in [4.69, 9.17) is 0 Å². The van der Waals surface area contributed by atoms with Crippen LogP contribution in [0.5, 0.6) is 0 Å². The van der Waals surface area contributed by atoms with Gasteiger partial charge in [0.05, 0.1) is 6.10 Å². The molecule has 1 aromatic heterocycles. The fourth-order valence-corrected chi connectivity index (χ4v) is 1.50. The van der Waals surface area contributed by atoms with Gasteiger partial charge in [0.25, 0.3) is 0 Å². The van der Waals surface area contributed by atoms with Crippen molar-refractivity contribution in [2.45, 2.75) is 19.4 Å². The molecule has 2 aromatic rings. The van der Waals surface area contributed by atoms with Gasteiger partial charge in [0.1, 0.15) is 0 Å². The van der Waals surface area contributed by atoms with E-state index < -0.39 is 0 Å². The van der Waals surface area contributed by atoms with Crippen molar-refractivity contribution in [1.29, 1.82) is 0 Å². The maximum atomic E-state index is 9.60. The number of rotatable bonds is 2. The first-order valence-electron chi connectivity index (χ1n) is 4.57. The van der Waals surface area contributed by atoms with Crippen LogP contribution in [0.25, 0.3) is 10.9 Å². The molecule has 0 bridgehead atoms. The number of aliphatic hydroxyl groups excluding tert-OH is 1. The lowest BCUT2D eigenvalue weighted by molar-refractivity contribution is 0.170. The third kappa shape index (κ3) is 1.45. The number of hydrogen-bond acceptors (Lipinski definition) is 1. The summed E-state index contributed by atoms with van der Waals surface area (Å²) in [4.78, 5) is 3.20. The maximum Gasteiger partial charge on any atom is 0.0935 e. The number of aliphatic hydroxyl groups is 1. The first-order chi connectivity index (χ1) is 6.31. The lowest BCUT2D eigenvalue weighted by Gasteiger charge is -2.02. The third-order valence-corrected chi connectivity index (χ3v) is 2.30. The lowest BCUT2D eigenvalue weighted by atomic mass is 10.2. The molecule has 2 rings (SSSR count). The molecule has 1 aromatic carbocycles. The summed E-state index contributed by atoms with van der Waals surface area (Å²) in [5.74, 6) is 0. The minimum atomic E-state index is -0.368. The van der Waals surface area contributed by atoms with Crippen LogP contribution in [0.3, 0.4) is 0 Å². The average Bonchev–Trinajstić information content (AvgIpc) is 2.59. The Bertz CT molecular complexity index is 372. The van der Waals surface area contributed by atoms with Gasteiger partial charge >= 0.3 is 0 Å². The van der Waals surface area contributed by atoms with Crippen LogP contribution in [-0.2, 0) is 0 Å². The largest absolute Gasteiger partial charge is 0.387 e. The maximum absolute atomic E-state index is 9.60. The second-order valence-electron chi connectivity index (χ2n) is 3.24. The van der Waals surface area contributed by atoms with Crippen molar-refractivity contribution in [3.05, 3.63) is 36.0 Å². The summed E-state index contributed by atoms with van der Waals surface area (Å²) in [7, 11) is 0. The van der Waals surface area contributed by atoms with Crippen molar-refractivity contribution >= 4 is 10.9 Å². The standard InChI is InChI=1S/C11H13NO/c1-2-11(13)10-7-8-5-3-4-6-9(8)12-10/h3-7,11-13H,2H2,1H3. The van der Waals surface area contributed by atoms with Crippen LogP contribution in [0.1, 0.15) is 25.1 Å². The van der Waals surface area contributed by atoms with Gasteiger partial charge in [-0.05, 0) is 23.9 Å². The van der Waals surface area contributed by atoms with Gasteiger partial charge in [-0.15, -0.1) is 0 Å². The Morgan fingerprint density at radius 3 is 2.85 bits per heavy atom. The topological polar surface area (TPSA) is 36.0 Å². The van der Waals surface area contributed by atoms with Crippen molar-refractivity contribution in [2.75, 3.05) is 0 Å². The van der Waals surface area contributed by atoms with Crippen LogP contribution < -0.4 is 0 Å². The molecule has 0 aliphatic rings. The van der Waals surface area contributed by atoms with Crippen molar-refractivity contribution in [2.24, 2.45) is 0 Å². The Morgan fingerprint density at radius 2 is 2.15 bits per heavy atom. The molecule has 0 fully saturated rings. The van der Waals surface area contributed by atoms with E-state index in [-0.39, 0.29) is 6.10 Å². The van der Waals surface area contributed by atoms with E-state index in [0.29, 0.717) is 0 Å². The highest BCUT2D eigenvalue weighted by atomic mass is 16.3. The monoisotopic (exact) mass is 175 g/mol. The first-order valence-corrected chi connectivity index (χ1v) is 4.57. The Kier molecular flexibility index (Phi) is 2.07. The van der Waals surface area contributed by atoms with E-state index in [1.54, 1.807) is 0 Å². The summed E-state index contributed by atoms with van der Waals surface area (Å²) >= 11 is 0. The molecule has 0 aliphatic carbocycles. The summed E-state index contributed by atoms with van der Waals surface area (Å²) < 4.78 is 0. The van der Waals surface area contributed by atoms with E-state index in [9.17, 15) is 5.11 Å². The Morgan fingerprint density at radius 1 is 1.38 bits per heavy atom. The molecule has 0 amide bonds. The van der Waals surface area contributed by atoms with Gasteiger partial charge < -0.3 is 10.1 Å². The summed E-state index contributed by atoms with van der Waals surface area (Å²) in [5.41, 5.74) is 1.99. The van der Waals surface area contributed by atoms with Crippen LogP contribution in [-0.4, -0.2) is 10.1 Å². The zero-order valence-corrected chi connectivity index (χ0v) is 7.62. The van der Waals surface area contributed by atoms with E-state index in [2.05, 4.69) is 4.98 Å². The minimum absolute atomic E-state index is 0.368. The van der Waals surface area contributed by atoms with E-state index in [1.807, 2.05) is 37.3 Å². The SMILES string of the molecule is CCC(O)c1cc2ccccc2[nH]1. The molecule has 2 heteroatoms. The van der Waals surface area contributed by atoms with E-state index >= 15 is 0 Å². The zero-order chi connectivity index (χ0) is 9.26. The number of H-pyrrole nitrogens is 1. The van der Waals surface area contributed by atoms with Crippen molar-refractivity contribution in [1.82, 2.24) is 4.98 Å². The first kappa shape index (κ1) is 8.32. The molecule has 0 spiro atoms. The quantitative estimate of drug-likeness (QED) is 0.723. The van der Waals surface area contributed by atoms with Crippen LogP contribution >= 0.6 is 0 Å². The fourth-order valence-electron chi connectivity index (χ4n) is 1.50. The summed E-state index contributed by atoms with van der Waals surface area (Å²) in [6.07, 6.45) is 0.375. The van der Waals surface area contributed by atoms with Crippen molar-refractivity contribution in [3.8, 4) is 0 Å². The van der Waals surface area contributed by atoms with E-state index in [0.717, 1.165) is 23.0 Å². The van der Waals surface area contributed by atoms with Crippen molar-refractivity contribution < 1.29 is 5.11 Å². The average molecular weight is 175 g/mol. The van der Waals surface area contributed by atoms with Gasteiger partial charge in [-0.1, -0.05) is 25.1 Å². The Balaban J connectivity index is 2.49. The molecular formula is C11H13NO. The molecule has 1 heterocycles. The molecule has 0 aliphatic heterocycles. The Labute approximate surface area is 77.2 Å². The number of aromatic amines is 1. The van der Waals surface area contributed by atoms with Gasteiger partial charge in [-0.3, -0.25) is 0 Å². The summed E-state index contributed by atoms with van der Waals surface area (Å²) in [6.45, 7) is 1.97. The fraction of sp³-hybridized carbons (Fsp3) is 0.273. The number of benzene rings is 1. The smallest absolute Gasteiger partial charge is 0.0935 e. The number of nitrogens with one attached hydrogen (secondary N) is 1. The zero-order valence-electron chi connectivity index (χ0n) is 7.62. The number of fused-ring (bicyclic) bond motifs is 1. The Hall–Kier alpha value is -1.28. The molecule has 2 N–H and O–H groups in total. The molecule has 0 saturated carbocycles. The van der Waals surface area contributed by atoms with Gasteiger partial charge in [-0.2, -0.15) is 0 Å². The van der Waals surface area contributed by atoms with Crippen LogP contribution in [0.15, 0.2) is 30.3 Å². The van der Waals surface area contributed by atoms with Gasteiger partial charge in [0.15, 0.2) is 0 Å². The highest BCUT2D eigenvalue weighted by Crippen LogP contribution is 2.21. The van der Waals surface area contributed by atoms with Crippen LogP contribution in [0, 0.1) is 0 Å². The van der Waals surface area contributed by atoms with Crippen LogP contribution in [0.2, 0.25) is 0 Å². The highest BCUT2D eigenvalue weighted by Gasteiger charge is 2.07. The molecule has 1 atom stereocenters. The van der Waals surface area contributed by atoms with E-state index in [1.165, 1.54) is 0 Å². The predicted molar refractivity (Wildman–Crippen MR) is 53.5 cm³/mol. The summed E-state index contributed by atoms with van der Waals surface area (Å²) in [6, 6.07) is 10.0. The summed E-state index contributed by atoms with van der Waals surface area (Å²) in [5, 5.41) is 10.8. The van der Waals surface area contributed by atoms with Crippen LogP contribution in [0.4, 0.5) is 0 Å². The molecule has 0 radical (unpaired) electrons. The van der Waals surface area contributed by atoms with Gasteiger partial charge in [0.2, 0.25) is 0 Å². The van der Waals surface area contributed by atoms with Gasteiger partial charge in [-0.25, -0.2) is 0 Å². The molecular weight excluding hydrogens is 162 g/mol. The second kappa shape index (κ2) is 3.23.